The Morgan fingerprint density at radius 2 is 1.73 bits per heavy atom. The molecule has 3 aromatic rings. The summed E-state index contributed by atoms with van der Waals surface area (Å²) in [5.74, 6) is 1.14. The molecule has 1 unspecified atom stereocenters. The SMILES string of the molecule is CCCCNC(=O)C(Cc1ccccc1)N(Cc1ccccc1Cl)C(=O)CCc1ccc2c(c1)OCO2. The number of amides is 2. The molecule has 0 aliphatic carbocycles. The second-order valence-electron chi connectivity index (χ2n) is 9.15. The first-order chi connectivity index (χ1) is 18.0. The molecule has 1 aliphatic rings. The molecule has 0 saturated heterocycles. The van der Waals surface area contributed by atoms with Crippen molar-refractivity contribution in [3.63, 3.8) is 0 Å². The molecule has 3 aromatic carbocycles. The zero-order valence-corrected chi connectivity index (χ0v) is 21.9. The first-order valence-electron chi connectivity index (χ1n) is 12.8. The van der Waals surface area contributed by atoms with E-state index in [2.05, 4.69) is 12.2 Å². The fourth-order valence-electron chi connectivity index (χ4n) is 4.36. The van der Waals surface area contributed by atoms with E-state index >= 15 is 0 Å². The third-order valence-electron chi connectivity index (χ3n) is 6.46. The van der Waals surface area contributed by atoms with Crippen LogP contribution >= 0.6 is 11.6 Å². The normalized spacial score (nSPS) is 12.7. The first kappa shape index (κ1) is 26.6. The van der Waals surface area contributed by atoms with E-state index in [1.54, 1.807) is 11.0 Å². The molecule has 1 heterocycles. The maximum absolute atomic E-state index is 13.8. The Hall–Kier alpha value is -3.51. The Balaban J connectivity index is 1.58. The Labute approximate surface area is 223 Å². The molecule has 2 amide bonds. The highest BCUT2D eigenvalue weighted by atomic mass is 35.5. The molecule has 7 heteroatoms. The van der Waals surface area contributed by atoms with E-state index in [9.17, 15) is 9.59 Å². The van der Waals surface area contributed by atoms with Crippen LogP contribution in [0.25, 0.3) is 0 Å². The summed E-state index contributed by atoms with van der Waals surface area (Å²) in [7, 11) is 0. The summed E-state index contributed by atoms with van der Waals surface area (Å²) in [5.41, 5.74) is 2.77. The van der Waals surface area contributed by atoms with E-state index in [0.29, 0.717) is 35.9 Å². The quantitative estimate of drug-likeness (QED) is 0.318. The third-order valence-corrected chi connectivity index (χ3v) is 6.83. The van der Waals surface area contributed by atoms with Gasteiger partial charge in [0.15, 0.2) is 11.5 Å². The standard InChI is InChI=1S/C30H33ClN2O4/c1-2-3-17-32-30(35)26(18-22-9-5-4-6-10-22)33(20-24-11-7-8-12-25(24)31)29(34)16-14-23-13-15-27-28(19-23)37-21-36-27/h4-13,15,19,26H,2-3,14,16-18,20-21H2,1H3,(H,32,35). The van der Waals surface area contributed by atoms with E-state index in [4.69, 9.17) is 21.1 Å². The van der Waals surface area contributed by atoms with E-state index in [-0.39, 0.29) is 31.6 Å². The van der Waals surface area contributed by atoms with Crippen molar-refractivity contribution in [1.82, 2.24) is 10.2 Å². The van der Waals surface area contributed by atoms with Gasteiger partial charge in [-0.3, -0.25) is 9.59 Å². The molecular weight excluding hydrogens is 488 g/mol. The number of nitrogens with zero attached hydrogens (tertiary/aromatic N) is 1. The van der Waals surface area contributed by atoms with Crippen molar-refractivity contribution in [3.05, 3.63) is 94.5 Å². The number of ether oxygens (including phenoxy) is 2. The van der Waals surface area contributed by atoms with Gasteiger partial charge < -0.3 is 19.7 Å². The minimum absolute atomic E-state index is 0.107. The van der Waals surface area contributed by atoms with Gasteiger partial charge >= 0.3 is 0 Å². The molecule has 0 spiro atoms. The smallest absolute Gasteiger partial charge is 0.243 e. The Bertz CT molecular complexity index is 1200. The highest BCUT2D eigenvalue weighted by molar-refractivity contribution is 6.31. The highest BCUT2D eigenvalue weighted by Gasteiger charge is 2.30. The predicted octanol–water partition coefficient (Wildman–Crippen LogP) is 5.56. The number of carbonyl (C=O) groups is 2. The molecule has 0 radical (unpaired) electrons. The largest absolute Gasteiger partial charge is 0.454 e. The summed E-state index contributed by atoms with van der Waals surface area (Å²) in [4.78, 5) is 28.9. The van der Waals surface area contributed by atoms with E-state index in [1.807, 2.05) is 66.7 Å². The van der Waals surface area contributed by atoms with Gasteiger partial charge in [-0.2, -0.15) is 0 Å². The third kappa shape index (κ3) is 7.26. The topological polar surface area (TPSA) is 67.9 Å². The van der Waals surface area contributed by atoms with Crippen molar-refractivity contribution in [2.75, 3.05) is 13.3 Å². The second-order valence-corrected chi connectivity index (χ2v) is 9.56. The van der Waals surface area contributed by atoms with E-state index in [0.717, 1.165) is 29.5 Å². The van der Waals surface area contributed by atoms with Crippen molar-refractivity contribution < 1.29 is 19.1 Å². The van der Waals surface area contributed by atoms with Crippen LogP contribution in [0.5, 0.6) is 11.5 Å². The Kier molecular flexibility index (Phi) is 9.44. The van der Waals surface area contributed by atoms with Gasteiger partial charge in [-0.05, 0) is 47.7 Å². The molecule has 0 fully saturated rings. The molecule has 0 aromatic heterocycles. The lowest BCUT2D eigenvalue weighted by Gasteiger charge is -2.32. The van der Waals surface area contributed by atoms with Crippen LogP contribution in [-0.2, 0) is 29.0 Å². The molecule has 1 atom stereocenters. The Morgan fingerprint density at radius 3 is 2.51 bits per heavy atom. The highest BCUT2D eigenvalue weighted by Crippen LogP contribution is 2.33. The van der Waals surface area contributed by atoms with Crippen molar-refractivity contribution >= 4 is 23.4 Å². The van der Waals surface area contributed by atoms with Gasteiger partial charge in [0.25, 0.3) is 0 Å². The molecule has 6 nitrogen and oxygen atoms in total. The average Bonchev–Trinajstić information content (AvgIpc) is 3.39. The van der Waals surface area contributed by atoms with Gasteiger partial charge in [0, 0.05) is 31.0 Å². The number of fused-ring (bicyclic) bond motifs is 1. The lowest BCUT2D eigenvalue weighted by molar-refractivity contribution is -0.141. The number of benzene rings is 3. The van der Waals surface area contributed by atoms with Crippen LogP contribution in [0.4, 0.5) is 0 Å². The minimum Gasteiger partial charge on any atom is -0.454 e. The number of nitrogens with one attached hydrogen (secondary N) is 1. The average molecular weight is 521 g/mol. The molecule has 37 heavy (non-hydrogen) atoms. The number of unbranched alkanes of at least 4 members (excludes halogenated alkanes) is 1. The van der Waals surface area contributed by atoms with E-state index in [1.165, 1.54) is 0 Å². The molecular formula is C30H33ClN2O4. The van der Waals surface area contributed by atoms with Crippen molar-refractivity contribution in [3.8, 4) is 11.5 Å². The number of carbonyl (C=O) groups excluding carboxylic acids is 2. The summed E-state index contributed by atoms with van der Waals surface area (Å²) in [5, 5.41) is 3.62. The molecule has 0 bridgehead atoms. The van der Waals surface area contributed by atoms with Gasteiger partial charge in [0.2, 0.25) is 18.6 Å². The van der Waals surface area contributed by atoms with Crippen molar-refractivity contribution in [1.29, 1.82) is 0 Å². The van der Waals surface area contributed by atoms with Gasteiger partial charge in [0.05, 0.1) is 0 Å². The Morgan fingerprint density at radius 1 is 0.973 bits per heavy atom. The number of hydrogen-bond donors (Lipinski definition) is 1. The fraction of sp³-hybridized carbons (Fsp3) is 0.333. The maximum Gasteiger partial charge on any atom is 0.243 e. The number of rotatable bonds is 12. The zero-order chi connectivity index (χ0) is 26.0. The predicted molar refractivity (Wildman–Crippen MR) is 145 cm³/mol. The van der Waals surface area contributed by atoms with Gasteiger partial charge in [-0.1, -0.05) is 79.5 Å². The van der Waals surface area contributed by atoms with Gasteiger partial charge in [-0.25, -0.2) is 0 Å². The number of aryl methyl sites for hydroxylation is 1. The van der Waals surface area contributed by atoms with Crippen LogP contribution in [-0.4, -0.2) is 36.1 Å². The molecule has 194 valence electrons. The van der Waals surface area contributed by atoms with Crippen LogP contribution in [0.2, 0.25) is 5.02 Å². The van der Waals surface area contributed by atoms with Crippen molar-refractivity contribution in [2.45, 2.75) is 51.6 Å². The molecule has 1 N–H and O–H groups in total. The summed E-state index contributed by atoms with van der Waals surface area (Å²) >= 11 is 6.48. The summed E-state index contributed by atoms with van der Waals surface area (Å²) in [6.07, 6.45) is 3.04. The zero-order valence-electron chi connectivity index (χ0n) is 21.1. The second kappa shape index (κ2) is 13.2. The fourth-order valence-corrected chi connectivity index (χ4v) is 4.56. The van der Waals surface area contributed by atoms with Crippen LogP contribution in [0.3, 0.4) is 0 Å². The number of halogens is 1. The van der Waals surface area contributed by atoms with Crippen LogP contribution in [0.1, 0.15) is 42.9 Å². The number of hydrogen-bond acceptors (Lipinski definition) is 4. The summed E-state index contributed by atoms with van der Waals surface area (Å²) in [6.45, 7) is 3.11. The van der Waals surface area contributed by atoms with Gasteiger partial charge in [-0.15, -0.1) is 0 Å². The van der Waals surface area contributed by atoms with Crippen LogP contribution in [0, 0.1) is 0 Å². The molecule has 0 saturated carbocycles. The lowest BCUT2D eigenvalue weighted by Crippen LogP contribution is -2.50. The van der Waals surface area contributed by atoms with Gasteiger partial charge in [0.1, 0.15) is 6.04 Å². The minimum atomic E-state index is -0.667. The monoisotopic (exact) mass is 520 g/mol. The lowest BCUT2D eigenvalue weighted by atomic mass is 10.0. The summed E-state index contributed by atoms with van der Waals surface area (Å²) < 4.78 is 10.9. The molecule has 4 rings (SSSR count). The molecule has 1 aliphatic heterocycles. The van der Waals surface area contributed by atoms with Crippen LogP contribution < -0.4 is 14.8 Å². The maximum atomic E-state index is 13.8. The first-order valence-corrected chi connectivity index (χ1v) is 13.2. The van der Waals surface area contributed by atoms with Crippen LogP contribution in [0.15, 0.2) is 72.8 Å². The van der Waals surface area contributed by atoms with Crippen molar-refractivity contribution in [2.24, 2.45) is 0 Å². The van der Waals surface area contributed by atoms with E-state index < -0.39 is 6.04 Å². The summed E-state index contributed by atoms with van der Waals surface area (Å²) in [6, 6.07) is 22.3.